The van der Waals surface area contributed by atoms with Crippen LogP contribution in [0.4, 0.5) is 11.5 Å². The Labute approximate surface area is 193 Å². The second kappa shape index (κ2) is 10.7. The lowest BCUT2D eigenvalue weighted by atomic mass is 10.2. The first kappa shape index (κ1) is 22.5. The van der Waals surface area contributed by atoms with Crippen LogP contribution in [0.3, 0.4) is 0 Å². The molecular formula is C22H21IN4O4. The van der Waals surface area contributed by atoms with Gasteiger partial charge in [-0.2, -0.15) is 5.10 Å². The van der Waals surface area contributed by atoms with Gasteiger partial charge in [0.2, 0.25) is 5.82 Å². The summed E-state index contributed by atoms with van der Waals surface area (Å²) in [5.41, 5.74) is 5.49. The van der Waals surface area contributed by atoms with Crippen LogP contribution in [0.25, 0.3) is 0 Å². The fraction of sp³-hybridized carbons (Fsp3) is 0.182. The lowest BCUT2D eigenvalue weighted by Gasteiger charge is -2.15. The van der Waals surface area contributed by atoms with Gasteiger partial charge in [0.05, 0.1) is 21.3 Å². The van der Waals surface area contributed by atoms with Crippen LogP contribution in [0, 0.1) is 20.6 Å². The third-order valence-electron chi connectivity index (χ3n) is 4.20. The topological polar surface area (TPSA) is 98.9 Å². The average molecular weight is 532 g/mol. The zero-order chi connectivity index (χ0) is 22.2. The Balaban J connectivity index is 1.77. The maximum atomic E-state index is 11.1. The van der Waals surface area contributed by atoms with Gasteiger partial charge in [-0.3, -0.25) is 15.5 Å². The Morgan fingerprint density at radius 1 is 1.23 bits per heavy atom. The number of nitro groups is 1. The maximum absolute atomic E-state index is 11.1. The monoisotopic (exact) mass is 532 g/mol. The first-order chi connectivity index (χ1) is 15.0. The van der Waals surface area contributed by atoms with Gasteiger partial charge in [0.25, 0.3) is 0 Å². The smallest absolute Gasteiger partial charge is 0.313 e. The van der Waals surface area contributed by atoms with E-state index in [1.807, 2.05) is 50.2 Å². The highest BCUT2D eigenvalue weighted by Crippen LogP contribution is 2.34. The second-order valence-electron chi connectivity index (χ2n) is 6.54. The predicted octanol–water partition coefficient (Wildman–Crippen LogP) is 5.33. The van der Waals surface area contributed by atoms with Gasteiger partial charge in [-0.05, 0) is 65.8 Å². The first-order valence-electron chi connectivity index (χ1n) is 9.51. The van der Waals surface area contributed by atoms with Crippen molar-refractivity contribution >= 4 is 40.3 Å². The average Bonchev–Trinajstić information content (AvgIpc) is 2.75. The van der Waals surface area contributed by atoms with E-state index in [0.29, 0.717) is 24.7 Å². The van der Waals surface area contributed by atoms with Gasteiger partial charge in [-0.1, -0.05) is 29.8 Å². The summed E-state index contributed by atoms with van der Waals surface area (Å²) in [6, 6.07) is 14.7. The molecular weight excluding hydrogens is 511 g/mol. The number of aromatic nitrogens is 1. The van der Waals surface area contributed by atoms with E-state index in [2.05, 4.69) is 38.1 Å². The van der Waals surface area contributed by atoms with Crippen molar-refractivity contribution in [1.29, 1.82) is 0 Å². The molecule has 3 rings (SSSR count). The molecule has 0 aliphatic heterocycles. The van der Waals surface area contributed by atoms with E-state index in [9.17, 15) is 10.1 Å². The molecule has 9 heteroatoms. The predicted molar refractivity (Wildman–Crippen MR) is 128 cm³/mol. The van der Waals surface area contributed by atoms with Crippen LogP contribution in [0.1, 0.15) is 23.6 Å². The highest BCUT2D eigenvalue weighted by molar-refractivity contribution is 14.1. The summed E-state index contributed by atoms with van der Waals surface area (Å²) in [6.07, 6.45) is 3.01. The summed E-state index contributed by atoms with van der Waals surface area (Å²) in [4.78, 5) is 14.5. The number of aryl methyl sites for hydroxylation is 1. The molecule has 31 heavy (non-hydrogen) atoms. The number of hydrogen-bond acceptors (Lipinski definition) is 7. The van der Waals surface area contributed by atoms with Gasteiger partial charge in [0, 0.05) is 12.3 Å². The Bertz CT molecular complexity index is 1090. The third kappa shape index (κ3) is 6.14. The van der Waals surface area contributed by atoms with Crippen molar-refractivity contribution in [2.75, 3.05) is 12.0 Å². The van der Waals surface area contributed by atoms with Gasteiger partial charge in [0.1, 0.15) is 6.61 Å². The number of rotatable bonds is 9. The number of benzene rings is 2. The van der Waals surface area contributed by atoms with Crippen molar-refractivity contribution in [2.24, 2.45) is 5.10 Å². The number of ether oxygens (including phenoxy) is 2. The Morgan fingerprint density at radius 3 is 2.71 bits per heavy atom. The van der Waals surface area contributed by atoms with E-state index in [0.717, 1.165) is 14.7 Å². The lowest BCUT2D eigenvalue weighted by Crippen LogP contribution is -2.03. The quantitative estimate of drug-likeness (QED) is 0.173. The van der Waals surface area contributed by atoms with E-state index in [1.54, 1.807) is 6.21 Å². The van der Waals surface area contributed by atoms with Crippen LogP contribution >= 0.6 is 22.6 Å². The number of hydrogen-bond donors (Lipinski definition) is 1. The second-order valence-corrected chi connectivity index (χ2v) is 7.70. The van der Waals surface area contributed by atoms with Gasteiger partial charge in [-0.15, -0.1) is 0 Å². The minimum absolute atomic E-state index is 0.0709. The van der Waals surface area contributed by atoms with Crippen LogP contribution in [0.2, 0.25) is 0 Å². The highest BCUT2D eigenvalue weighted by Gasteiger charge is 2.14. The zero-order valence-corrected chi connectivity index (χ0v) is 19.2. The van der Waals surface area contributed by atoms with Gasteiger partial charge in [0.15, 0.2) is 11.5 Å². The summed E-state index contributed by atoms with van der Waals surface area (Å²) in [7, 11) is 0. The molecule has 0 radical (unpaired) electrons. The number of nitrogens with one attached hydrogen (secondary N) is 1. The van der Waals surface area contributed by atoms with Crippen molar-refractivity contribution < 1.29 is 14.4 Å². The SMILES string of the molecule is CCOc1cc(/C=N\Nc2ncccc2[N+](=O)[O-])cc(I)c1OCc1ccc(C)cc1. The fourth-order valence-electron chi connectivity index (χ4n) is 2.70. The number of halogens is 1. The third-order valence-corrected chi connectivity index (χ3v) is 5.00. The van der Waals surface area contributed by atoms with Crippen molar-refractivity contribution in [1.82, 2.24) is 4.98 Å². The minimum Gasteiger partial charge on any atom is -0.490 e. The molecule has 0 fully saturated rings. The van der Waals surface area contributed by atoms with Gasteiger partial charge >= 0.3 is 5.69 Å². The van der Waals surface area contributed by atoms with E-state index in [4.69, 9.17) is 9.47 Å². The molecule has 2 aromatic carbocycles. The normalized spacial score (nSPS) is 10.8. The largest absolute Gasteiger partial charge is 0.490 e. The molecule has 1 N–H and O–H groups in total. The molecule has 0 spiro atoms. The van der Waals surface area contributed by atoms with Gasteiger partial charge in [-0.25, -0.2) is 4.98 Å². The molecule has 160 valence electrons. The number of anilines is 1. The van der Waals surface area contributed by atoms with Crippen molar-refractivity contribution in [3.8, 4) is 11.5 Å². The Hall–Kier alpha value is -3.21. The molecule has 0 aliphatic carbocycles. The van der Waals surface area contributed by atoms with E-state index in [1.165, 1.54) is 23.9 Å². The number of nitrogens with zero attached hydrogens (tertiary/aromatic N) is 3. The van der Waals surface area contributed by atoms with E-state index in [-0.39, 0.29) is 11.5 Å². The summed E-state index contributed by atoms with van der Waals surface area (Å²) < 4.78 is 12.7. The lowest BCUT2D eigenvalue weighted by molar-refractivity contribution is -0.384. The fourth-order valence-corrected chi connectivity index (χ4v) is 3.48. The van der Waals surface area contributed by atoms with Crippen LogP contribution in [-0.4, -0.2) is 22.7 Å². The number of hydrazone groups is 1. The van der Waals surface area contributed by atoms with Crippen molar-refractivity contribution in [3.63, 3.8) is 0 Å². The molecule has 1 heterocycles. The minimum atomic E-state index is -0.513. The van der Waals surface area contributed by atoms with Gasteiger partial charge < -0.3 is 9.47 Å². The zero-order valence-electron chi connectivity index (χ0n) is 17.0. The summed E-state index contributed by atoms with van der Waals surface area (Å²) in [6.45, 7) is 4.85. The molecule has 1 aromatic heterocycles. The molecule has 0 aliphatic rings. The summed E-state index contributed by atoms with van der Waals surface area (Å²) in [5.74, 6) is 1.34. The van der Waals surface area contributed by atoms with E-state index < -0.39 is 4.92 Å². The van der Waals surface area contributed by atoms with Crippen LogP contribution < -0.4 is 14.9 Å². The Morgan fingerprint density at radius 2 is 2.00 bits per heavy atom. The Kier molecular flexibility index (Phi) is 7.76. The van der Waals surface area contributed by atoms with Crippen LogP contribution in [0.15, 0.2) is 59.8 Å². The molecule has 0 bridgehead atoms. The van der Waals surface area contributed by atoms with Crippen LogP contribution in [-0.2, 0) is 6.61 Å². The highest BCUT2D eigenvalue weighted by atomic mass is 127. The van der Waals surface area contributed by atoms with Crippen molar-refractivity contribution in [3.05, 3.63) is 85.1 Å². The summed E-state index contributed by atoms with van der Waals surface area (Å²) in [5, 5.41) is 15.2. The first-order valence-corrected chi connectivity index (χ1v) is 10.6. The molecule has 0 unspecified atom stereocenters. The van der Waals surface area contributed by atoms with E-state index >= 15 is 0 Å². The van der Waals surface area contributed by atoms with Crippen molar-refractivity contribution in [2.45, 2.75) is 20.5 Å². The molecule has 8 nitrogen and oxygen atoms in total. The molecule has 0 atom stereocenters. The molecule has 0 saturated carbocycles. The standard InChI is InChI=1S/C22H21IN4O4/c1-3-30-20-12-17(13-25-26-22-19(27(28)29)5-4-10-24-22)11-18(23)21(20)31-14-16-8-6-15(2)7-9-16/h4-13H,3,14H2,1-2H3,(H,24,26)/b25-13-. The maximum Gasteiger partial charge on any atom is 0.313 e. The number of pyridine rings is 1. The molecule has 3 aromatic rings. The molecule has 0 amide bonds. The van der Waals surface area contributed by atoms with Crippen LogP contribution in [0.5, 0.6) is 11.5 Å². The molecule has 0 saturated heterocycles. The summed E-state index contributed by atoms with van der Waals surface area (Å²) >= 11 is 2.19.